The average Bonchev–Trinajstić information content (AvgIpc) is 3.21. The molecule has 0 radical (unpaired) electrons. The Bertz CT molecular complexity index is 1050. The second kappa shape index (κ2) is 7.64. The minimum atomic E-state index is 0.202. The highest BCUT2D eigenvalue weighted by Crippen LogP contribution is 2.25. The molecule has 0 bridgehead atoms. The summed E-state index contributed by atoms with van der Waals surface area (Å²) in [6.45, 7) is 2.81. The van der Waals surface area contributed by atoms with Gasteiger partial charge in [-0.05, 0) is 41.5 Å². The molecule has 0 aliphatic heterocycles. The van der Waals surface area contributed by atoms with Crippen molar-refractivity contribution >= 4 is 10.8 Å². The number of benzene rings is 3. The van der Waals surface area contributed by atoms with Crippen molar-refractivity contribution in [3.63, 3.8) is 0 Å². The number of oxazole rings is 1. The quantitative estimate of drug-likeness (QED) is 0.504. The second-order valence-electron chi connectivity index (χ2n) is 6.55. The molecule has 1 atom stereocenters. The van der Waals surface area contributed by atoms with E-state index in [9.17, 15) is 0 Å². The van der Waals surface area contributed by atoms with Crippen LogP contribution in [0.15, 0.2) is 77.4 Å². The molecular formula is C23H22N2O2. The lowest BCUT2D eigenvalue weighted by Crippen LogP contribution is -2.18. The molecule has 0 saturated heterocycles. The number of methoxy groups -OCH3 is 1. The Kier molecular flexibility index (Phi) is 4.90. The largest absolute Gasteiger partial charge is 0.497 e. The van der Waals surface area contributed by atoms with Gasteiger partial charge in [-0.1, -0.05) is 48.5 Å². The van der Waals surface area contributed by atoms with E-state index in [2.05, 4.69) is 59.7 Å². The summed E-state index contributed by atoms with van der Waals surface area (Å²) < 4.78 is 10.9. The third-order valence-electron chi connectivity index (χ3n) is 4.75. The van der Waals surface area contributed by atoms with Crippen LogP contribution >= 0.6 is 0 Å². The van der Waals surface area contributed by atoms with Crippen LogP contribution in [0.3, 0.4) is 0 Å². The summed E-state index contributed by atoms with van der Waals surface area (Å²) in [6.07, 6.45) is 1.71. The van der Waals surface area contributed by atoms with Crippen LogP contribution in [0.2, 0.25) is 0 Å². The molecule has 27 heavy (non-hydrogen) atoms. The Balaban J connectivity index is 1.48. The minimum Gasteiger partial charge on any atom is -0.497 e. The molecule has 1 heterocycles. The first kappa shape index (κ1) is 17.3. The molecule has 0 saturated carbocycles. The molecule has 0 spiro atoms. The predicted octanol–water partition coefficient (Wildman–Crippen LogP) is 5.35. The van der Waals surface area contributed by atoms with Crippen molar-refractivity contribution in [3.05, 3.63) is 84.3 Å². The minimum absolute atomic E-state index is 0.202. The first-order valence-electron chi connectivity index (χ1n) is 9.04. The summed E-state index contributed by atoms with van der Waals surface area (Å²) >= 11 is 0. The molecule has 4 nitrogen and oxygen atoms in total. The van der Waals surface area contributed by atoms with Gasteiger partial charge >= 0.3 is 0 Å². The molecule has 0 amide bonds. The van der Waals surface area contributed by atoms with Gasteiger partial charge in [-0.3, -0.25) is 0 Å². The van der Waals surface area contributed by atoms with E-state index in [-0.39, 0.29) is 6.04 Å². The number of rotatable bonds is 6. The molecule has 1 unspecified atom stereocenters. The fourth-order valence-electron chi connectivity index (χ4n) is 3.27. The fourth-order valence-corrected chi connectivity index (χ4v) is 3.27. The molecule has 4 aromatic rings. The summed E-state index contributed by atoms with van der Waals surface area (Å²) in [5, 5.41) is 6.08. The lowest BCUT2D eigenvalue weighted by molar-refractivity contribution is 0.414. The summed E-state index contributed by atoms with van der Waals surface area (Å²) in [6, 6.07) is 22.8. The number of fused-ring (bicyclic) bond motifs is 1. The van der Waals surface area contributed by atoms with E-state index in [4.69, 9.17) is 9.15 Å². The molecule has 1 aromatic heterocycles. The summed E-state index contributed by atoms with van der Waals surface area (Å²) in [7, 11) is 1.65. The van der Waals surface area contributed by atoms with Gasteiger partial charge in [0.25, 0.3) is 0 Å². The van der Waals surface area contributed by atoms with Crippen LogP contribution in [-0.2, 0) is 6.54 Å². The Hall–Kier alpha value is -3.11. The van der Waals surface area contributed by atoms with Crippen molar-refractivity contribution in [2.75, 3.05) is 7.11 Å². The number of hydrogen-bond acceptors (Lipinski definition) is 4. The van der Waals surface area contributed by atoms with Crippen molar-refractivity contribution in [3.8, 4) is 17.2 Å². The maximum absolute atomic E-state index is 5.65. The molecule has 0 aliphatic rings. The van der Waals surface area contributed by atoms with Gasteiger partial charge in [-0.15, -0.1) is 0 Å². The van der Waals surface area contributed by atoms with Crippen LogP contribution < -0.4 is 10.1 Å². The average molecular weight is 358 g/mol. The van der Waals surface area contributed by atoms with E-state index in [0.29, 0.717) is 12.4 Å². The van der Waals surface area contributed by atoms with Gasteiger partial charge in [0.15, 0.2) is 0 Å². The number of nitrogens with zero attached hydrogens (tertiary/aromatic N) is 1. The van der Waals surface area contributed by atoms with Crippen molar-refractivity contribution < 1.29 is 9.15 Å². The molecule has 4 heteroatoms. The maximum Gasteiger partial charge on any atom is 0.226 e. The standard InChI is InChI=1S/C23H22N2O2/c1-16(21-12-6-8-17-7-3-4-11-22(17)21)24-14-19-15-27-23(25-19)18-9-5-10-20(13-18)26-2/h3-13,15-16,24H,14H2,1-2H3. The van der Waals surface area contributed by atoms with E-state index in [1.807, 2.05) is 24.3 Å². The van der Waals surface area contributed by atoms with Crippen LogP contribution in [0.1, 0.15) is 24.2 Å². The Morgan fingerprint density at radius 3 is 2.74 bits per heavy atom. The van der Waals surface area contributed by atoms with Crippen molar-refractivity contribution in [1.82, 2.24) is 10.3 Å². The molecule has 4 rings (SSSR count). The monoisotopic (exact) mass is 358 g/mol. The molecular weight excluding hydrogens is 336 g/mol. The van der Waals surface area contributed by atoms with Gasteiger partial charge in [-0.25, -0.2) is 4.98 Å². The molecule has 0 aliphatic carbocycles. The highest BCUT2D eigenvalue weighted by Gasteiger charge is 2.11. The SMILES string of the molecule is COc1cccc(-c2nc(CNC(C)c3cccc4ccccc34)co2)c1. The first-order chi connectivity index (χ1) is 13.2. The lowest BCUT2D eigenvalue weighted by atomic mass is 10.00. The highest BCUT2D eigenvalue weighted by atomic mass is 16.5. The number of hydrogen-bond donors (Lipinski definition) is 1. The smallest absolute Gasteiger partial charge is 0.226 e. The van der Waals surface area contributed by atoms with Gasteiger partial charge in [0.05, 0.1) is 12.8 Å². The normalized spacial score (nSPS) is 12.2. The van der Waals surface area contributed by atoms with Gasteiger partial charge in [0.1, 0.15) is 12.0 Å². The van der Waals surface area contributed by atoms with Crippen LogP contribution in [0, 0.1) is 0 Å². The van der Waals surface area contributed by atoms with E-state index in [1.165, 1.54) is 16.3 Å². The number of aromatic nitrogens is 1. The molecule has 136 valence electrons. The zero-order valence-corrected chi connectivity index (χ0v) is 15.5. The Labute approximate surface area is 158 Å². The fraction of sp³-hybridized carbons (Fsp3) is 0.174. The number of ether oxygens (including phenoxy) is 1. The lowest BCUT2D eigenvalue weighted by Gasteiger charge is -2.15. The van der Waals surface area contributed by atoms with E-state index in [0.717, 1.165) is 17.0 Å². The Morgan fingerprint density at radius 2 is 1.85 bits per heavy atom. The van der Waals surface area contributed by atoms with E-state index < -0.39 is 0 Å². The van der Waals surface area contributed by atoms with Crippen LogP contribution in [0.25, 0.3) is 22.2 Å². The van der Waals surface area contributed by atoms with Crippen LogP contribution in [-0.4, -0.2) is 12.1 Å². The van der Waals surface area contributed by atoms with Gasteiger partial charge in [0, 0.05) is 18.2 Å². The van der Waals surface area contributed by atoms with Gasteiger partial charge in [0.2, 0.25) is 5.89 Å². The highest BCUT2D eigenvalue weighted by molar-refractivity contribution is 5.86. The van der Waals surface area contributed by atoms with Crippen LogP contribution in [0.4, 0.5) is 0 Å². The van der Waals surface area contributed by atoms with Crippen molar-refractivity contribution in [2.24, 2.45) is 0 Å². The van der Waals surface area contributed by atoms with Crippen LogP contribution in [0.5, 0.6) is 5.75 Å². The van der Waals surface area contributed by atoms with Crippen molar-refractivity contribution in [2.45, 2.75) is 19.5 Å². The summed E-state index contributed by atoms with van der Waals surface area (Å²) in [4.78, 5) is 4.60. The summed E-state index contributed by atoms with van der Waals surface area (Å²) in [5.41, 5.74) is 3.06. The zero-order chi connectivity index (χ0) is 18.6. The topological polar surface area (TPSA) is 47.3 Å². The molecule has 1 N–H and O–H groups in total. The van der Waals surface area contributed by atoms with E-state index >= 15 is 0 Å². The van der Waals surface area contributed by atoms with Gasteiger partial charge in [-0.2, -0.15) is 0 Å². The maximum atomic E-state index is 5.65. The zero-order valence-electron chi connectivity index (χ0n) is 15.5. The van der Waals surface area contributed by atoms with E-state index in [1.54, 1.807) is 13.4 Å². The molecule has 0 fully saturated rings. The molecule has 3 aromatic carbocycles. The van der Waals surface area contributed by atoms with Gasteiger partial charge < -0.3 is 14.5 Å². The third kappa shape index (κ3) is 3.71. The first-order valence-corrected chi connectivity index (χ1v) is 9.04. The van der Waals surface area contributed by atoms with Crippen molar-refractivity contribution in [1.29, 1.82) is 0 Å². The third-order valence-corrected chi connectivity index (χ3v) is 4.75. The number of nitrogens with one attached hydrogen (secondary N) is 1. The second-order valence-corrected chi connectivity index (χ2v) is 6.55. The predicted molar refractivity (Wildman–Crippen MR) is 108 cm³/mol. The summed E-state index contributed by atoms with van der Waals surface area (Å²) in [5.74, 6) is 1.39. The Morgan fingerprint density at radius 1 is 1.04 bits per heavy atom.